The monoisotopic (exact) mass is 281 g/mol. The lowest BCUT2D eigenvalue weighted by atomic mass is 9.97. The van der Waals surface area contributed by atoms with Gasteiger partial charge in [0.15, 0.2) is 5.01 Å². The van der Waals surface area contributed by atoms with Gasteiger partial charge in [-0.1, -0.05) is 6.92 Å². The average molecular weight is 281 g/mol. The maximum atomic E-state index is 12.5. The maximum absolute atomic E-state index is 12.5. The van der Waals surface area contributed by atoms with Crippen LogP contribution in [0.15, 0.2) is 6.20 Å². The van der Waals surface area contributed by atoms with Gasteiger partial charge in [-0.25, -0.2) is 10.4 Å². The van der Waals surface area contributed by atoms with Crippen molar-refractivity contribution in [2.45, 2.75) is 31.7 Å². The van der Waals surface area contributed by atoms with Crippen molar-refractivity contribution in [1.82, 2.24) is 10.4 Å². The summed E-state index contributed by atoms with van der Waals surface area (Å²) in [5.74, 6) is 5.69. The molecule has 0 amide bonds. The summed E-state index contributed by atoms with van der Waals surface area (Å²) in [6.45, 7) is 2.60. The van der Waals surface area contributed by atoms with Gasteiger partial charge in [0.1, 0.15) is 0 Å². The Morgan fingerprint density at radius 2 is 2.33 bits per heavy atom. The van der Waals surface area contributed by atoms with Crippen molar-refractivity contribution in [2.24, 2.45) is 11.8 Å². The Bertz CT molecular complexity index is 409. The second-order valence-corrected chi connectivity index (χ2v) is 5.37. The van der Waals surface area contributed by atoms with Crippen molar-refractivity contribution in [3.8, 4) is 0 Å². The molecule has 0 aliphatic carbocycles. The molecule has 2 rings (SSSR count). The highest BCUT2D eigenvalue weighted by Crippen LogP contribution is 2.37. The number of nitrogens with zero attached hydrogens (tertiary/aromatic N) is 1. The van der Waals surface area contributed by atoms with Crippen LogP contribution in [0.3, 0.4) is 0 Å². The fourth-order valence-corrected chi connectivity index (χ4v) is 2.92. The third-order valence-electron chi connectivity index (χ3n) is 3.03. The van der Waals surface area contributed by atoms with E-state index in [1.165, 1.54) is 6.20 Å². The minimum Gasteiger partial charge on any atom is -0.376 e. The van der Waals surface area contributed by atoms with Gasteiger partial charge >= 0.3 is 6.18 Å². The molecule has 3 unspecified atom stereocenters. The molecule has 0 saturated carbocycles. The minimum atomic E-state index is -4.41. The van der Waals surface area contributed by atoms with Crippen LogP contribution in [0, 0.1) is 5.92 Å². The first-order valence-corrected chi connectivity index (χ1v) is 6.35. The molecule has 1 aromatic rings. The van der Waals surface area contributed by atoms with E-state index in [0.29, 0.717) is 22.8 Å². The van der Waals surface area contributed by atoms with Gasteiger partial charge in [-0.15, -0.1) is 11.3 Å². The SMILES string of the molecule is CC1CCOC1C(NN)c1cnc(C(F)(F)F)s1. The van der Waals surface area contributed by atoms with E-state index in [-0.39, 0.29) is 12.0 Å². The lowest BCUT2D eigenvalue weighted by Crippen LogP contribution is -2.38. The van der Waals surface area contributed by atoms with Crippen molar-refractivity contribution in [3.05, 3.63) is 16.1 Å². The average Bonchev–Trinajstić information content (AvgIpc) is 2.89. The molecule has 1 fully saturated rings. The lowest BCUT2D eigenvalue weighted by Gasteiger charge is -2.24. The van der Waals surface area contributed by atoms with Crippen LogP contribution in [0.5, 0.6) is 0 Å². The Morgan fingerprint density at radius 1 is 1.61 bits per heavy atom. The number of hydrazine groups is 1. The Morgan fingerprint density at radius 3 is 2.78 bits per heavy atom. The first-order chi connectivity index (χ1) is 8.43. The Balaban J connectivity index is 2.20. The fraction of sp³-hybridized carbons (Fsp3) is 0.700. The first kappa shape index (κ1) is 13.7. The van der Waals surface area contributed by atoms with E-state index in [1.54, 1.807) is 0 Å². The van der Waals surface area contributed by atoms with Crippen LogP contribution < -0.4 is 11.3 Å². The van der Waals surface area contributed by atoms with Gasteiger partial charge in [0.2, 0.25) is 0 Å². The Labute approximate surface area is 106 Å². The maximum Gasteiger partial charge on any atom is 0.443 e. The fourth-order valence-electron chi connectivity index (χ4n) is 2.04. The topological polar surface area (TPSA) is 60.2 Å². The van der Waals surface area contributed by atoms with Crippen LogP contribution in [0.25, 0.3) is 0 Å². The van der Waals surface area contributed by atoms with Gasteiger partial charge in [0.25, 0.3) is 0 Å². The zero-order valence-electron chi connectivity index (χ0n) is 9.70. The van der Waals surface area contributed by atoms with E-state index in [1.807, 2.05) is 6.92 Å². The number of halogens is 3. The number of nitrogens with two attached hydrogens (primary N) is 1. The molecule has 1 aliphatic heterocycles. The standard InChI is InChI=1S/C10H14F3N3OS/c1-5-2-3-17-8(5)7(16-14)6-4-15-9(18-6)10(11,12)13/h4-5,7-8,16H,2-3,14H2,1H3. The van der Waals surface area contributed by atoms with Crippen molar-refractivity contribution in [2.75, 3.05) is 6.61 Å². The van der Waals surface area contributed by atoms with Gasteiger partial charge in [-0.2, -0.15) is 13.2 Å². The van der Waals surface area contributed by atoms with Gasteiger partial charge < -0.3 is 4.74 Å². The van der Waals surface area contributed by atoms with Crippen molar-refractivity contribution < 1.29 is 17.9 Å². The molecule has 8 heteroatoms. The molecule has 3 N–H and O–H groups in total. The Hall–Kier alpha value is -0.700. The molecule has 1 aliphatic rings. The highest BCUT2D eigenvalue weighted by Gasteiger charge is 2.38. The second-order valence-electron chi connectivity index (χ2n) is 4.31. The van der Waals surface area contributed by atoms with Crippen molar-refractivity contribution in [1.29, 1.82) is 0 Å². The quantitative estimate of drug-likeness (QED) is 0.658. The Kier molecular flexibility index (Phi) is 3.90. The molecular formula is C10H14F3N3OS. The molecule has 4 nitrogen and oxygen atoms in total. The number of thiazole rings is 1. The van der Waals surface area contributed by atoms with Crippen LogP contribution in [0.1, 0.15) is 29.3 Å². The molecule has 3 atom stereocenters. The molecule has 2 heterocycles. The summed E-state index contributed by atoms with van der Waals surface area (Å²) >= 11 is 0.603. The van der Waals surface area contributed by atoms with Crippen LogP contribution >= 0.6 is 11.3 Å². The number of hydrogen-bond donors (Lipinski definition) is 2. The van der Waals surface area contributed by atoms with Gasteiger partial charge in [0, 0.05) is 17.7 Å². The largest absolute Gasteiger partial charge is 0.443 e. The van der Waals surface area contributed by atoms with E-state index in [0.717, 1.165) is 6.42 Å². The summed E-state index contributed by atoms with van der Waals surface area (Å²) in [5.41, 5.74) is 2.53. The molecule has 1 saturated heterocycles. The molecule has 1 aromatic heterocycles. The van der Waals surface area contributed by atoms with Crippen LogP contribution in [0.2, 0.25) is 0 Å². The van der Waals surface area contributed by atoms with E-state index < -0.39 is 17.2 Å². The number of ether oxygens (including phenoxy) is 1. The van der Waals surface area contributed by atoms with E-state index >= 15 is 0 Å². The number of hydrogen-bond acceptors (Lipinski definition) is 5. The molecule has 0 aromatic carbocycles. The third-order valence-corrected chi connectivity index (χ3v) is 4.15. The third kappa shape index (κ3) is 2.66. The number of rotatable bonds is 3. The predicted octanol–water partition coefficient (Wildman–Crippen LogP) is 2.09. The minimum absolute atomic E-state index is 0.212. The zero-order valence-corrected chi connectivity index (χ0v) is 10.5. The van der Waals surface area contributed by atoms with E-state index in [4.69, 9.17) is 10.6 Å². The predicted molar refractivity (Wildman–Crippen MR) is 60.7 cm³/mol. The molecular weight excluding hydrogens is 267 g/mol. The summed E-state index contributed by atoms with van der Waals surface area (Å²) in [5, 5.41) is -0.858. The molecule has 18 heavy (non-hydrogen) atoms. The zero-order chi connectivity index (χ0) is 13.3. The summed E-state index contributed by atoms with van der Waals surface area (Å²) < 4.78 is 43.0. The molecule has 0 bridgehead atoms. The highest BCUT2D eigenvalue weighted by molar-refractivity contribution is 7.11. The van der Waals surface area contributed by atoms with Gasteiger partial charge in [-0.05, 0) is 12.3 Å². The second kappa shape index (κ2) is 5.12. The summed E-state index contributed by atoms with van der Waals surface area (Å²) in [7, 11) is 0. The van der Waals surface area contributed by atoms with Gasteiger partial charge in [0.05, 0.1) is 12.1 Å². The summed E-state index contributed by atoms with van der Waals surface area (Å²) in [6.07, 6.45) is -2.53. The lowest BCUT2D eigenvalue weighted by molar-refractivity contribution is -0.137. The summed E-state index contributed by atoms with van der Waals surface area (Å²) in [6, 6.07) is -0.448. The van der Waals surface area contributed by atoms with Crippen LogP contribution in [0.4, 0.5) is 13.2 Å². The van der Waals surface area contributed by atoms with E-state index in [9.17, 15) is 13.2 Å². The van der Waals surface area contributed by atoms with Crippen molar-refractivity contribution >= 4 is 11.3 Å². The number of alkyl halides is 3. The summed E-state index contributed by atoms with van der Waals surface area (Å²) in [4.78, 5) is 3.84. The smallest absolute Gasteiger partial charge is 0.376 e. The molecule has 102 valence electrons. The number of nitrogens with one attached hydrogen (secondary N) is 1. The van der Waals surface area contributed by atoms with Gasteiger partial charge in [-0.3, -0.25) is 5.84 Å². The van der Waals surface area contributed by atoms with E-state index in [2.05, 4.69) is 10.4 Å². The highest BCUT2D eigenvalue weighted by atomic mass is 32.1. The normalized spacial score (nSPS) is 26.5. The first-order valence-electron chi connectivity index (χ1n) is 5.54. The number of aromatic nitrogens is 1. The molecule has 0 spiro atoms. The van der Waals surface area contributed by atoms with Crippen molar-refractivity contribution in [3.63, 3.8) is 0 Å². The van der Waals surface area contributed by atoms with Crippen LogP contribution in [-0.2, 0) is 10.9 Å². The van der Waals surface area contributed by atoms with Crippen LogP contribution in [-0.4, -0.2) is 17.7 Å². The molecule has 0 radical (unpaired) electrons.